The molecule has 0 radical (unpaired) electrons. The van der Waals surface area contributed by atoms with Crippen LogP contribution in [0.1, 0.15) is 49.9 Å². The molecule has 3 unspecified atom stereocenters. The highest BCUT2D eigenvalue weighted by Gasteiger charge is 2.26. The normalized spacial score (nSPS) is 23.3. The van der Waals surface area contributed by atoms with E-state index in [1.807, 2.05) is 25.1 Å². The molecule has 1 aliphatic carbocycles. The van der Waals surface area contributed by atoms with Crippen LogP contribution in [0.2, 0.25) is 0 Å². The van der Waals surface area contributed by atoms with Crippen LogP contribution in [-0.2, 0) is 6.54 Å². The van der Waals surface area contributed by atoms with Crippen LogP contribution in [0, 0.1) is 23.2 Å². The minimum absolute atomic E-state index is 0.125. The van der Waals surface area contributed by atoms with E-state index in [-0.39, 0.29) is 5.38 Å². The van der Waals surface area contributed by atoms with Crippen LogP contribution >= 0.6 is 11.6 Å². The number of rotatable bonds is 3. The Bertz CT molecular complexity index is 696. The van der Waals surface area contributed by atoms with Crippen molar-refractivity contribution < 1.29 is 0 Å². The Morgan fingerprint density at radius 3 is 2.90 bits per heavy atom. The Morgan fingerprint density at radius 2 is 2.29 bits per heavy atom. The molecule has 1 saturated carbocycles. The summed E-state index contributed by atoms with van der Waals surface area (Å²) >= 11 is 6.33. The first-order valence-corrected chi connectivity index (χ1v) is 8.08. The molecule has 0 saturated heterocycles. The summed E-state index contributed by atoms with van der Waals surface area (Å²) in [5.74, 6) is 2.35. The van der Waals surface area contributed by atoms with Crippen LogP contribution in [0.5, 0.6) is 0 Å². The molecule has 3 atom stereocenters. The summed E-state index contributed by atoms with van der Waals surface area (Å²) in [7, 11) is 0. The molecule has 2 aromatic rings. The van der Waals surface area contributed by atoms with E-state index in [1.165, 1.54) is 19.3 Å². The summed E-state index contributed by atoms with van der Waals surface area (Å²) in [5.41, 5.74) is 2.65. The number of nitrogens with zero attached hydrogens (tertiary/aromatic N) is 3. The first-order valence-electron chi connectivity index (χ1n) is 7.64. The van der Waals surface area contributed by atoms with E-state index in [2.05, 4.69) is 22.5 Å². The van der Waals surface area contributed by atoms with Crippen molar-refractivity contribution in [3.63, 3.8) is 0 Å². The summed E-state index contributed by atoms with van der Waals surface area (Å²) in [6.07, 6.45) is 3.90. The van der Waals surface area contributed by atoms with Gasteiger partial charge in [0.1, 0.15) is 5.82 Å². The van der Waals surface area contributed by atoms with Crippen LogP contribution < -0.4 is 0 Å². The number of hydrogen-bond donors (Lipinski definition) is 0. The van der Waals surface area contributed by atoms with Crippen molar-refractivity contribution in [2.75, 3.05) is 0 Å². The van der Waals surface area contributed by atoms with Crippen molar-refractivity contribution in [3.8, 4) is 6.07 Å². The number of halogens is 1. The van der Waals surface area contributed by atoms with Gasteiger partial charge in [-0.05, 0) is 43.4 Å². The van der Waals surface area contributed by atoms with Gasteiger partial charge in [-0.15, -0.1) is 11.6 Å². The average Bonchev–Trinajstić information content (AvgIpc) is 3.03. The zero-order chi connectivity index (χ0) is 15.0. The molecule has 4 heteroatoms. The lowest BCUT2D eigenvalue weighted by Gasteiger charge is -2.19. The molecule has 0 amide bonds. The minimum atomic E-state index is -0.125. The van der Waals surface area contributed by atoms with Gasteiger partial charge >= 0.3 is 0 Å². The highest BCUT2D eigenvalue weighted by atomic mass is 35.5. The first-order chi connectivity index (χ1) is 10.1. The van der Waals surface area contributed by atoms with Gasteiger partial charge in [0, 0.05) is 6.54 Å². The van der Waals surface area contributed by atoms with E-state index < -0.39 is 0 Å². The molecule has 0 aliphatic heterocycles. The standard InChI is InChI=1S/C17H20ClN3/c1-11-4-3-5-14(11)10-21-16-8-13(9-19)6-7-15(16)20-17(21)12(2)18/h6-8,11-12,14H,3-5,10H2,1-2H3. The third kappa shape index (κ3) is 2.65. The third-order valence-corrected chi connectivity index (χ3v) is 4.91. The summed E-state index contributed by atoms with van der Waals surface area (Å²) in [4.78, 5) is 4.68. The second-order valence-corrected chi connectivity index (χ2v) is 6.83. The van der Waals surface area contributed by atoms with Gasteiger partial charge in [0.05, 0.1) is 28.0 Å². The second kappa shape index (κ2) is 5.69. The lowest BCUT2D eigenvalue weighted by molar-refractivity contribution is 0.363. The molecule has 1 aromatic carbocycles. The van der Waals surface area contributed by atoms with Gasteiger partial charge < -0.3 is 4.57 Å². The van der Waals surface area contributed by atoms with Crippen LogP contribution in [-0.4, -0.2) is 9.55 Å². The predicted octanol–water partition coefficient (Wildman–Crippen LogP) is 4.64. The zero-order valence-corrected chi connectivity index (χ0v) is 13.3. The van der Waals surface area contributed by atoms with Gasteiger partial charge in [-0.3, -0.25) is 0 Å². The van der Waals surface area contributed by atoms with E-state index in [1.54, 1.807) is 0 Å². The predicted molar refractivity (Wildman–Crippen MR) is 85.2 cm³/mol. The van der Waals surface area contributed by atoms with Crippen molar-refractivity contribution in [3.05, 3.63) is 29.6 Å². The Kier molecular flexibility index (Phi) is 3.91. The molecule has 21 heavy (non-hydrogen) atoms. The van der Waals surface area contributed by atoms with Crippen molar-refractivity contribution in [1.29, 1.82) is 5.26 Å². The maximum atomic E-state index is 9.12. The van der Waals surface area contributed by atoms with Crippen LogP contribution in [0.25, 0.3) is 11.0 Å². The zero-order valence-electron chi connectivity index (χ0n) is 12.5. The van der Waals surface area contributed by atoms with Gasteiger partial charge in [0.2, 0.25) is 0 Å². The topological polar surface area (TPSA) is 41.6 Å². The van der Waals surface area contributed by atoms with Crippen molar-refractivity contribution in [1.82, 2.24) is 9.55 Å². The van der Waals surface area contributed by atoms with Crippen LogP contribution in [0.15, 0.2) is 18.2 Å². The summed E-state index contributed by atoms with van der Waals surface area (Å²) in [5, 5.41) is 9.00. The van der Waals surface area contributed by atoms with E-state index in [4.69, 9.17) is 16.9 Å². The molecular weight excluding hydrogens is 282 g/mol. The maximum Gasteiger partial charge on any atom is 0.127 e. The largest absolute Gasteiger partial charge is 0.326 e. The van der Waals surface area contributed by atoms with Gasteiger partial charge in [-0.1, -0.05) is 19.8 Å². The molecule has 1 aliphatic rings. The fourth-order valence-corrected chi connectivity index (χ4v) is 3.60. The number of imidazole rings is 1. The Morgan fingerprint density at radius 1 is 1.48 bits per heavy atom. The highest BCUT2D eigenvalue weighted by Crippen LogP contribution is 2.35. The van der Waals surface area contributed by atoms with Crippen LogP contribution in [0.3, 0.4) is 0 Å². The minimum Gasteiger partial charge on any atom is -0.326 e. The maximum absolute atomic E-state index is 9.12. The number of benzene rings is 1. The fourth-order valence-electron chi connectivity index (χ4n) is 3.43. The molecule has 0 bridgehead atoms. The summed E-state index contributed by atoms with van der Waals surface area (Å²) in [6.45, 7) is 5.25. The van der Waals surface area contributed by atoms with E-state index >= 15 is 0 Å². The molecular formula is C17H20ClN3. The highest BCUT2D eigenvalue weighted by molar-refractivity contribution is 6.20. The van der Waals surface area contributed by atoms with E-state index in [0.717, 1.165) is 29.3 Å². The monoisotopic (exact) mass is 301 g/mol. The van der Waals surface area contributed by atoms with Gasteiger partial charge in [-0.2, -0.15) is 5.26 Å². The third-order valence-electron chi connectivity index (χ3n) is 4.72. The smallest absolute Gasteiger partial charge is 0.127 e. The molecule has 1 aromatic heterocycles. The number of aromatic nitrogens is 2. The Hall–Kier alpha value is -1.53. The van der Waals surface area contributed by atoms with Gasteiger partial charge in [0.25, 0.3) is 0 Å². The lowest BCUT2D eigenvalue weighted by Crippen LogP contribution is -2.15. The number of alkyl halides is 1. The molecule has 3 rings (SSSR count). The summed E-state index contributed by atoms with van der Waals surface area (Å²) < 4.78 is 2.24. The second-order valence-electron chi connectivity index (χ2n) is 6.18. The fraction of sp³-hybridized carbons (Fsp3) is 0.529. The van der Waals surface area contributed by atoms with Crippen molar-refractivity contribution in [2.45, 2.75) is 45.0 Å². The molecule has 110 valence electrons. The average molecular weight is 302 g/mol. The molecule has 1 heterocycles. The number of nitriles is 1. The van der Waals surface area contributed by atoms with E-state index in [9.17, 15) is 0 Å². The van der Waals surface area contributed by atoms with Crippen molar-refractivity contribution in [2.24, 2.45) is 11.8 Å². The van der Waals surface area contributed by atoms with E-state index in [0.29, 0.717) is 11.5 Å². The molecule has 3 nitrogen and oxygen atoms in total. The summed E-state index contributed by atoms with van der Waals surface area (Å²) in [6, 6.07) is 7.89. The SMILES string of the molecule is CC(Cl)c1nc2ccc(C#N)cc2n1CC1CCCC1C. The van der Waals surface area contributed by atoms with Crippen LogP contribution in [0.4, 0.5) is 0 Å². The Labute approximate surface area is 130 Å². The molecule has 0 spiro atoms. The number of fused-ring (bicyclic) bond motifs is 1. The Balaban J connectivity index is 2.08. The first kappa shape index (κ1) is 14.4. The molecule has 1 fully saturated rings. The number of hydrogen-bond acceptors (Lipinski definition) is 2. The molecule has 0 N–H and O–H groups in total. The van der Waals surface area contributed by atoms with Crippen molar-refractivity contribution >= 4 is 22.6 Å². The van der Waals surface area contributed by atoms with Gasteiger partial charge in [0.15, 0.2) is 0 Å². The lowest BCUT2D eigenvalue weighted by atomic mass is 9.98. The van der Waals surface area contributed by atoms with Gasteiger partial charge in [-0.25, -0.2) is 4.98 Å². The quantitative estimate of drug-likeness (QED) is 0.775.